The molecule has 0 radical (unpaired) electrons. The highest BCUT2D eigenvalue weighted by atomic mass is 79.9. The average molecular weight is 312 g/mol. The molecule has 7 heteroatoms. The number of nitriles is 1. The maximum Gasteiger partial charge on any atom is 0.132 e. The number of rotatable bonds is 5. The highest BCUT2D eigenvalue weighted by Gasteiger charge is 2.28. The molecule has 1 aromatic carbocycles. The second kappa shape index (κ2) is 6.36. The SMILES string of the molecule is CC(C#N)(NCCN=[N+]=[N-])c1ccc(Br)cc1F. The second-order valence-electron chi connectivity index (χ2n) is 3.74. The highest BCUT2D eigenvalue weighted by molar-refractivity contribution is 9.10. The van der Waals surface area contributed by atoms with E-state index in [-0.39, 0.29) is 12.1 Å². The molecule has 18 heavy (non-hydrogen) atoms. The van der Waals surface area contributed by atoms with Crippen molar-refractivity contribution in [3.05, 3.63) is 44.5 Å². The molecule has 0 heterocycles. The Morgan fingerprint density at radius 3 is 2.94 bits per heavy atom. The Morgan fingerprint density at radius 2 is 2.39 bits per heavy atom. The van der Waals surface area contributed by atoms with Gasteiger partial charge in [0, 0.05) is 28.0 Å². The van der Waals surface area contributed by atoms with E-state index in [9.17, 15) is 9.65 Å². The van der Waals surface area contributed by atoms with E-state index in [4.69, 9.17) is 5.53 Å². The van der Waals surface area contributed by atoms with Gasteiger partial charge in [-0.1, -0.05) is 27.1 Å². The first kappa shape index (κ1) is 14.5. The number of hydrogen-bond donors (Lipinski definition) is 1. The fraction of sp³-hybridized carbons (Fsp3) is 0.364. The summed E-state index contributed by atoms with van der Waals surface area (Å²) in [7, 11) is 0. The number of halogens is 2. The van der Waals surface area contributed by atoms with E-state index in [1.807, 2.05) is 6.07 Å². The van der Waals surface area contributed by atoms with Gasteiger partial charge in [0.1, 0.15) is 11.4 Å². The summed E-state index contributed by atoms with van der Waals surface area (Å²) in [6, 6.07) is 6.55. The minimum atomic E-state index is -1.16. The fourth-order valence-electron chi connectivity index (χ4n) is 1.49. The Morgan fingerprint density at radius 1 is 1.67 bits per heavy atom. The lowest BCUT2D eigenvalue weighted by atomic mass is 9.93. The first-order valence-electron chi connectivity index (χ1n) is 5.16. The number of nitrogens with zero attached hydrogens (tertiary/aromatic N) is 4. The number of nitrogens with one attached hydrogen (secondary N) is 1. The molecule has 1 N–H and O–H groups in total. The van der Waals surface area contributed by atoms with Gasteiger partial charge in [-0.3, -0.25) is 5.32 Å². The van der Waals surface area contributed by atoms with E-state index < -0.39 is 11.4 Å². The average Bonchev–Trinajstić information content (AvgIpc) is 2.34. The summed E-state index contributed by atoms with van der Waals surface area (Å²) in [4.78, 5) is 2.60. The zero-order valence-electron chi connectivity index (χ0n) is 9.69. The van der Waals surface area contributed by atoms with Gasteiger partial charge in [0.15, 0.2) is 0 Å². The monoisotopic (exact) mass is 311 g/mol. The van der Waals surface area contributed by atoms with E-state index in [1.165, 1.54) is 6.07 Å². The second-order valence-corrected chi connectivity index (χ2v) is 4.66. The fourth-order valence-corrected chi connectivity index (χ4v) is 1.82. The number of hydrogen-bond acceptors (Lipinski definition) is 3. The summed E-state index contributed by atoms with van der Waals surface area (Å²) in [6.07, 6.45) is 0. The molecule has 0 saturated heterocycles. The smallest absolute Gasteiger partial charge is 0.132 e. The lowest BCUT2D eigenvalue weighted by molar-refractivity contribution is 0.447. The van der Waals surface area contributed by atoms with Gasteiger partial charge in [-0.2, -0.15) is 5.26 Å². The van der Waals surface area contributed by atoms with Gasteiger partial charge in [0.2, 0.25) is 0 Å². The van der Waals surface area contributed by atoms with E-state index >= 15 is 0 Å². The van der Waals surface area contributed by atoms with Gasteiger partial charge in [-0.25, -0.2) is 4.39 Å². The van der Waals surface area contributed by atoms with Crippen LogP contribution in [0.5, 0.6) is 0 Å². The van der Waals surface area contributed by atoms with Crippen molar-refractivity contribution >= 4 is 15.9 Å². The summed E-state index contributed by atoms with van der Waals surface area (Å²) < 4.78 is 14.4. The minimum Gasteiger partial charge on any atom is -0.296 e. The molecule has 0 saturated carbocycles. The zero-order chi connectivity index (χ0) is 13.6. The van der Waals surface area contributed by atoms with E-state index in [1.54, 1.807) is 19.1 Å². The first-order valence-corrected chi connectivity index (χ1v) is 5.95. The molecule has 1 rings (SSSR count). The van der Waals surface area contributed by atoms with Crippen LogP contribution in [0, 0.1) is 17.1 Å². The van der Waals surface area contributed by atoms with Gasteiger partial charge in [0.25, 0.3) is 0 Å². The molecule has 0 amide bonds. The third-order valence-electron chi connectivity index (χ3n) is 2.45. The van der Waals surface area contributed by atoms with Gasteiger partial charge in [-0.15, -0.1) is 0 Å². The molecule has 0 aromatic heterocycles. The predicted molar refractivity (Wildman–Crippen MR) is 69.1 cm³/mol. The van der Waals surface area contributed by atoms with Crippen LogP contribution in [0.4, 0.5) is 4.39 Å². The van der Waals surface area contributed by atoms with Crippen molar-refractivity contribution in [3.63, 3.8) is 0 Å². The summed E-state index contributed by atoms with van der Waals surface area (Å²) in [5, 5.41) is 15.4. The van der Waals surface area contributed by atoms with Crippen LogP contribution in [0.25, 0.3) is 10.4 Å². The van der Waals surface area contributed by atoms with Crippen LogP contribution in [0.1, 0.15) is 12.5 Å². The van der Waals surface area contributed by atoms with Crippen LogP contribution >= 0.6 is 15.9 Å². The lowest BCUT2D eigenvalue weighted by Gasteiger charge is -2.24. The van der Waals surface area contributed by atoms with E-state index in [0.717, 1.165) is 0 Å². The Balaban J connectivity index is 2.93. The van der Waals surface area contributed by atoms with E-state index in [0.29, 0.717) is 11.0 Å². The molecular formula is C11H11BrFN5. The largest absolute Gasteiger partial charge is 0.296 e. The van der Waals surface area contributed by atoms with Crippen molar-refractivity contribution in [2.45, 2.75) is 12.5 Å². The van der Waals surface area contributed by atoms with Crippen molar-refractivity contribution in [2.24, 2.45) is 5.11 Å². The summed E-state index contributed by atoms with van der Waals surface area (Å²) >= 11 is 3.16. The standard InChI is InChI=1S/C11H11BrFN5/c1-11(7-14,16-4-5-17-18-15)9-3-2-8(12)6-10(9)13/h2-3,6,16H,4-5H2,1H3. The van der Waals surface area contributed by atoms with Crippen molar-refractivity contribution in [1.29, 1.82) is 5.26 Å². The zero-order valence-corrected chi connectivity index (χ0v) is 11.3. The molecule has 94 valence electrons. The van der Waals surface area contributed by atoms with Crippen LogP contribution in [0.2, 0.25) is 0 Å². The molecule has 1 aromatic rings. The maximum absolute atomic E-state index is 13.8. The molecule has 0 bridgehead atoms. The molecule has 0 aliphatic carbocycles. The van der Waals surface area contributed by atoms with E-state index in [2.05, 4.69) is 31.3 Å². The van der Waals surface area contributed by atoms with Crippen LogP contribution < -0.4 is 5.32 Å². The molecule has 0 aliphatic rings. The Kier molecular flexibility index (Phi) is 5.10. The van der Waals surface area contributed by atoms with Crippen LogP contribution in [-0.4, -0.2) is 13.1 Å². The molecular weight excluding hydrogens is 301 g/mol. The van der Waals surface area contributed by atoms with Crippen molar-refractivity contribution < 1.29 is 4.39 Å². The summed E-state index contributed by atoms with van der Waals surface area (Å²) in [5.41, 5.74) is 7.25. The van der Waals surface area contributed by atoms with Gasteiger partial charge >= 0.3 is 0 Å². The Labute approximate surface area is 112 Å². The third-order valence-corrected chi connectivity index (χ3v) is 2.94. The van der Waals surface area contributed by atoms with Crippen molar-refractivity contribution in [2.75, 3.05) is 13.1 Å². The first-order chi connectivity index (χ1) is 8.53. The Hall–Kier alpha value is -1.61. The summed E-state index contributed by atoms with van der Waals surface area (Å²) in [6.45, 7) is 2.07. The minimum absolute atomic E-state index is 0.200. The van der Waals surface area contributed by atoms with Crippen LogP contribution in [0.3, 0.4) is 0 Å². The lowest BCUT2D eigenvalue weighted by Crippen LogP contribution is -2.40. The van der Waals surface area contributed by atoms with Crippen LogP contribution in [0.15, 0.2) is 27.8 Å². The van der Waals surface area contributed by atoms with Crippen molar-refractivity contribution in [1.82, 2.24) is 5.32 Å². The number of benzene rings is 1. The van der Waals surface area contributed by atoms with Crippen LogP contribution in [-0.2, 0) is 5.54 Å². The topological polar surface area (TPSA) is 84.6 Å². The third kappa shape index (κ3) is 3.44. The Bertz CT molecular complexity index is 521. The maximum atomic E-state index is 13.8. The molecule has 0 aliphatic heterocycles. The molecule has 1 unspecified atom stereocenters. The van der Waals surface area contributed by atoms with Gasteiger partial charge < -0.3 is 0 Å². The molecule has 5 nitrogen and oxygen atoms in total. The quantitative estimate of drug-likeness (QED) is 0.392. The number of azide groups is 1. The summed E-state index contributed by atoms with van der Waals surface area (Å²) in [5.74, 6) is -0.468. The van der Waals surface area contributed by atoms with Gasteiger partial charge in [-0.05, 0) is 24.6 Å². The normalized spacial score (nSPS) is 13.2. The van der Waals surface area contributed by atoms with Crippen molar-refractivity contribution in [3.8, 4) is 6.07 Å². The highest BCUT2D eigenvalue weighted by Crippen LogP contribution is 2.25. The molecule has 1 atom stereocenters. The predicted octanol–water partition coefficient (Wildman–Crippen LogP) is 3.23. The molecule has 0 spiro atoms. The molecule has 0 fully saturated rings. The van der Waals surface area contributed by atoms with Gasteiger partial charge in [0.05, 0.1) is 6.07 Å².